The summed E-state index contributed by atoms with van der Waals surface area (Å²) in [6, 6.07) is 0. The number of rotatable bonds is 0. The fraction of sp³-hybridized carbons (Fsp3) is 0.200. The molecule has 0 aliphatic heterocycles. The molecule has 1 heterocycles. The lowest BCUT2D eigenvalue weighted by atomic mass is 10.4. The highest BCUT2D eigenvalue weighted by Gasteiger charge is 1.88. The monoisotopic (exact) mass is 128 g/mol. The van der Waals surface area contributed by atoms with Crippen LogP contribution in [0.5, 0.6) is 0 Å². The van der Waals surface area contributed by atoms with Gasteiger partial charge in [-0.3, -0.25) is 9.78 Å². The number of H-pyrrole nitrogens is 2. The van der Waals surface area contributed by atoms with Crippen molar-refractivity contribution in [3.05, 3.63) is 32.6 Å². The molecule has 0 amide bonds. The Morgan fingerprint density at radius 1 is 1.67 bits per heavy atom. The van der Waals surface area contributed by atoms with E-state index in [9.17, 15) is 9.59 Å². The van der Waals surface area contributed by atoms with Crippen LogP contribution in [0.3, 0.4) is 0 Å². The first kappa shape index (κ1) is 5.81. The highest BCUT2D eigenvalue weighted by molar-refractivity contribution is 4.98. The summed E-state index contributed by atoms with van der Waals surface area (Å²) in [4.78, 5) is 25.3. The Bertz CT molecular complexity index is 309. The molecule has 0 saturated carbocycles. The Balaban J connectivity index is 3.52. The average Bonchev–Trinajstić information content (AvgIpc) is 1.80. The van der Waals surface area contributed by atoms with Gasteiger partial charge in [-0.15, -0.1) is 0 Å². The first-order valence-corrected chi connectivity index (χ1v) is 2.49. The van der Waals surface area contributed by atoms with E-state index in [0.717, 1.165) is 0 Å². The largest absolute Gasteiger partial charge is 0.325 e. The zero-order valence-corrected chi connectivity index (χ0v) is 4.89. The normalized spacial score (nSPS) is 9.44. The Morgan fingerprint density at radius 2 is 2.33 bits per heavy atom. The summed E-state index contributed by atoms with van der Waals surface area (Å²) in [5.41, 5.74) is -0.293. The average molecular weight is 128 g/mol. The van der Waals surface area contributed by atoms with Gasteiger partial charge in [-0.25, -0.2) is 4.79 Å². The van der Waals surface area contributed by atoms with Crippen molar-refractivity contribution in [3.8, 4) is 0 Å². The summed E-state index contributed by atoms with van der Waals surface area (Å²) >= 11 is 0. The van der Waals surface area contributed by atoms with Crippen molar-refractivity contribution in [1.29, 1.82) is 0 Å². The first-order chi connectivity index (χ1) is 4.20. The molecule has 1 aromatic rings. The van der Waals surface area contributed by atoms with Gasteiger partial charge in [0.25, 0.3) is 5.56 Å². The smallest absolute Gasteiger partial charge is 0.314 e. The van der Waals surface area contributed by atoms with Crippen LogP contribution in [0, 0.1) is 6.92 Å². The van der Waals surface area contributed by atoms with Crippen molar-refractivity contribution in [2.24, 2.45) is 0 Å². The van der Waals surface area contributed by atoms with E-state index in [0.29, 0.717) is 5.56 Å². The van der Waals surface area contributed by atoms with Crippen LogP contribution in [-0.2, 0) is 0 Å². The summed E-state index contributed by atoms with van der Waals surface area (Å²) in [6.07, 6.45) is 1.38. The van der Waals surface area contributed by atoms with Gasteiger partial charge in [0.15, 0.2) is 0 Å². The zero-order valence-electron chi connectivity index (χ0n) is 4.89. The van der Waals surface area contributed by atoms with Gasteiger partial charge in [-0.2, -0.15) is 0 Å². The molecule has 1 rings (SSSR count). The van der Waals surface area contributed by atoms with Crippen LogP contribution in [0.15, 0.2) is 15.8 Å². The number of hydrogen-bond acceptors (Lipinski definition) is 2. The number of aromatic amines is 2. The fourth-order valence-electron chi connectivity index (χ4n) is 0.477. The summed E-state index contributed by atoms with van der Waals surface area (Å²) in [6.45, 7) is 1.62. The van der Waals surface area contributed by atoms with E-state index in [-0.39, 0.29) is 5.56 Å². The molecule has 0 aliphatic carbocycles. The van der Waals surface area contributed by atoms with Gasteiger partial charge in [-0.1, -0.05) is 0 Å². The van der Waals surface area contributed by atoms with Gasteiger partial charge in [0.2, 0.25) is 0 Å². The number of aryl methyl sites for hydroxylation is 1. The third kappa shape index (κ3) is 1.07. The van der Waals surface area contributed by atoms with Crippen molar-refractivity contribution in [2.45, 2.75) is 6.92 Å². The van der Waals surface area contributed by atoms with E-state index in [1.54, 1.807) is 6.92 Å². The van der Waals surface area contributed by atoms with Crippen LogP contribution in [0.4, 0.5) is 0 Å². The highest BCUT2D eigenvalue weighted by Crippen LogP contribution is 1.73. The van der Waals surface area contributed by atoms with E-state index >= 15 is 0 Å². The molecule has 48 valence electrons. The van der Waals surface area contributed by atoms with E-state index in [2.05, 4.69) is 9.97 Å². The number of nitrogens with one attached hydrogen (secondary N) is 2. The number of aromatic nitrogens is 2. The quantitative estimate of drug-likeness (QED) is 0.488. The first-order valence-electron chi connectivity index (χ1n) is 2.49. The van der Waals surface area contributed by atoms with Crippen LogP contribution in [0.25, 0.3) is 0 Å². The standard InChI is InChI=1S/C5H6N2O2/c1-3-2-6-5(9)7-4(3)8/h2H,1H3,(H2,6,7,8,9)/i5+2. The van der Waals surface area contributed by atoms with Gasteiger partial charge < -0.3 is 4.98 Å². The Kier molecular flexibility index (Phi) is 1.22. The maximum Gasteiger partial charge on any atom is 0.325 e. The maximum absolute atomic E-state index is 10.6. The van der Waals surface area contributed by atoms with Crippen LogP contribution in [0.1, 0.15) is 5.56 Å². The van der Waals surface area contributed by atoms with E-state index in [4.69, 9.17) is 0 Å². The molecular weight excluding hydrogens is 122 g/mol. The van der Waals surface area contributed by atoms with Crippen LogP contribution < -0.4 is 11.2 Å². The van der Waals surface area contributed by atoms with Crippen LogP contribution >= 0.6 is 0 Å². The van der Waals surface area contributed by atoms with Crippen molar-refractivity contribution >= 4 is 0 Å². The lowest BCUT2D eigenvalue weighted by Gasteiger charge is -1.84. The number of hydrogen-bond donors (Lipinski definition) is 2. The predicted molar refractivity (Wildman–Crippen MR) is 32.4 cm³/mol. The van der Waals surface area contributed by atoms with E-state index < -0.39 is 5.69 Å². The molecule has 0 atom stereocenters. The molecule has 0 spiro atoms. The van der Waals surface area contributed by atoms with Crippen molar-refractivity contribution in [1.82, 2.24) is 9.97 Å². The Labute approximate surface area is 50.6 Å². The molecular formula is C5H6N2O2. The van der Waals surface area contributed by atoms with Gasteiger partial charge in [0, 0.05) is 11.8 Å². The van der Waals surface area contributed by atoms with Crippen LogP contribution in [0.2, 0.25) is 0 Å². The van der Waals surface area contributed by atoms with E-state index in [1.165, 1.54) is 6.20 Å². The zero-order chi connectivity index (χ0) is 6.85. The van der Waals surface area contributed by atoms with Crippen molar-refractivity contribution in [3.63, 3.8) is 0 Å². The fourth-order valence-corrected chi connectivity index (χ4v) is 0.477. The molecule has 1 aromatic heterocycles. The van der Waals surface area contributed by atoms with Crippen molar-refractivity contribution in [2.75, 3.05) is 0 Å². The molecule has 0 radical (unpaired) electrons. The van der Waals surface area contributed by atoms with Crippen LogP contribution in [-0.4, -0.2) is 9.97 Å². The predicted octanol–water partition coefficient (Wildman–Crippen LogP) is -0.628. The summed E-state index contributed by atoms with van der Waals surface area (Å²) in [5.74, 6) is 0. The molecule has 0 aromatic carbocycles. The molecule has 4 heteroatoms. The maximum atomic E-state index is 10.6. The van der Waals surface area contributed by atoms with Gasteiger partial charge in [0.05, 0.1) is 0 Å². The minimum atomic E-state index is -0.467. The molecule has 4 nitrogen and oxygen atoms in total. The van der Waals surface area contributed by atoms with E-state index in [1.807, 2.05) is 0 Å². The SMILES string of the molecule is Cc1c[nH][14c](=O)[nH]c1=O. The molecule has 0 fully saturated rings. The third-order valence-corrected chi connectivity index (χ3v) is 1.00. The minimum Gasteiger partial charge on any atom is -0.314 e. The van der Waals surface area contributed by atoms with Gasteiger partial charge in [-0.05, 0) is 6.92 Å². The summed E-state index contributed by atoms with van der Waals surface area (Å²) < 4.78 is 0. The molecule has 2 N–H and O–H groups in total. The minimum absolute atomic E-state index is 0.334. The van der Waals surface area contributed by atoms with Gasteiger partial charge >= 0.3 is 5.69 Å². The second kappa shape index (κ2) is 1.89. The lowest BCUT2D eigenvalue weighted by Crippen LogP contribution is -2.22. The van der Waals surface area contributed by atoms with Crippen molar-refractivity contribution < 1.29 is 0 Å². The Morgan fingerprint density at radius 3 is 2.78 bits per heavy atom. The second-order valence-corrected chi connectivity index (χ2v) is 1.75. The van der Waals surface area contributed by atoms with Gasteiger partial charge in [0.1, 0.15) is 0 Å². The Hall–Kier alpha value is -1.32. The third-order valence-electron chi connectivity index (χ3n) is 1.00. The second-order valence-electron chi connectivity index (χ2n) is 1.75. The molecule has 9 heavy (non-hydrogen) atoms. The molecule has 0 bridgehead atoms. The molecule has 0 saturated heterocycles. The summed E-state index contributed by atoms with van der Waals surface area (Å²) in [5, 5.41) is 0. The highest BCUT2D eigenvalue weighted by atomic mass is 16.3. The topological polar surface area (TPSA) is 65.7 Å². The molecule has 0 aliphatic rings. The molecule has 0 unspecified atom stereocenters. The summed E-state index contributed by atoms with van der Waals surface area (Å²) in [7, 11) is 0. The lowest BCUT2D eigenvalue weighted by molar-refractivity contribution is 1.01.